The fourth-order valence-electron chi connectivity index (χ4n) is 4.94. The van der Waals surface area contributed by atoms with Gasteiger partial charge in [-0.15, -0.1) is 0 Å². The molecule has 0 spiro atoms. The molecule has 0 bridgehead atoms. The lowest BCUT2D eigenvalue weighted by molar-refractivity contribution is -0.135. The SMILES string of the molecule is C[C@H](NC(=O)[C@H](CCC(=O)N1CCCC[C@@H]1C)NC(=O)CCC1CC1)c1ncc(-c2ccc(F)cc2F)[nH]1. The Morgan fingerprint density at radius 2 is 1.92 bits per heavy atom. The summed E-state index contributed by atoms with van der Waals surface area (Å²) in [4.78, 5) is 47.8. The van der Waals surface area contributed by atoms with E-state index in [1.165, 1.54) is 12.3 Å². The van der Waals surface area contributed by atoms with E-state index in [1.807, 2.05) is 11.8 Å². The van der Waals surface area contributed by atoms with Crippen molar-refractivity contribution in [2.24, 2.45) is 5.92 Å². The fourth-order valence-corrected chi connectivity index (χ4v) is 4.94. The molecule has 38 heavy (non-hydrogen) atoms. The van der Waals surface area contributed by atoms with Gasteiger partial charge in [0.05, 0.1) is 17.9 Å². The highest BCUT2D eigenvalue weighted by Crippen LogP contribution is 2.33. The van der Waals surface area contributed by atoms with Crippen LogP contribution in [0.5, 0.6) is 0 Å². The number of carbonyl (C=O) groups excluding carboxylic acids is 3. The zero-order valence-corrected chi connectivity index (χ0v) is 22.1. The minimum atomic E-state index is -0.864. The summed E-state index contributed by atoms with van der Waals surface area (Å²) in [6, 6.07) is 2.01. The van der Waals surface area contributed by atoms with E-state index in [0.717, 1.165) is 57.2 Å². The van der Waals surface area contributed by atoms with Gasteiger partial charge in [-0.25, -0.2) is 13.8 Å². The van der Waals surface area contributed by atoms with Crippen LogP contribution in [0.2, 0.25) is 0 Å². The molecule has 10 heteroatoms. The lowest BCUT2D eigenvalue weighted by atomic mass is 10.0. The molecule has 1 saturated heterocycles. The molecule has 1 aromatic carbocycles. The molecule has 1 aliphatic heterocycles. The Kier molecular flexibility index (Phi) is 9.12. The Hall–Kier alpha value is -3.30. The molecule has 0 radical (unpaired) electrons. The third kappa shape index (κ3) is 7.39. The summed E-state index contributed by atoms with van der Waals surface area (Å²) in [5.41, 5.74) is 0.514. The van der Waals surface area contributed by atoms with Crippen LogP contribution >= 0.6 is 0 Å². The Morgan fingerprint density at radius 1 is 1.13 bits per heavy atom. The molecule has 4 rings (SSSR count). The number of likely N-dealkylation sites (tertiary alicyclic amines) is 1. The number of amides is 3. The molecule has 8 nitrogen and oxygen atoms in total. The molecular formula is C28H37F2N5O3. The number of hydrogen-bond acceptors (Lipinski definition) is 4. The van der Waals surface area contributed by atoms with Crippen molar-refractivity contribution in [3.05, 3.63) is 41.9 Å². The van der Waals surface area contributed by atoms with Crippen molar-refractivity contribution in [2.75, 3.05) is 6.54 Å². The number of nitrogens with zero attached hydrogens (tertiary/aromatic N) is 2. The van der Waals surface area contributed by atoms with Crippen molar-refractivity contribution in [1.82, 2.24) is 25.5 Å². The fraction of sp³-hybridized carbons (Fsp3) is 0.571. The average Bonchev–Trinajstić information content (AvgIpc) is 3.59. The van der Waals surface area contributed by atoms with E-state index in [4.69, 9.17) is 0 Å². The molecule has 2 heterocycles. The van der Waals surface area contributed by atoms with E-state index in [1.54, 1.807) is 6.92 Å². The van der Waals surface area contributed by atoms with E-state index < -0.39 is 29.6 Å². The number of benzene rings is 1. The second kappa shape index (κ2) is 12.5. The number of carbonyl (C=O) groups is 3. The number of H-pyrrole nitrogens is 1. The Balaban J connectivity index is 1.39. The van der Waals surface area contributed by atoms with E-state index in [0.29, 0.717) is 23.9 Å². The zero-order chi connectivity index (χ0) is 27.2. The minimum absolute atomic E-state index is 0.00715. The van der Waals surface area contributed by atoms with Gasteiger partial charge < -0.3 is 20.5 Å². The van der Waals surface area contributed by atoms with Crippen molar-refractivity contribution >= 4 is 17.7 Å². The number of halogens is 2. The van der Waals surface area contributed by atoms with Crippen LogP contribution in [-0.2, 0) is 14.4 Å². The number of nitrogens with one attached hydrogen (secondary N) is 3. The van der Waals surface area contributed by atoms with Gasteiger partial charge in [0.2, 0.25) is 17.7 Å². The van der Waals surface area contributed by atoms with Gasteiger partial charge in [0.1, 0.15) is 23.5 Å². The number of aromatic amines is 1. The van der Waals surface area contributed by atoms with Crippen LogP contribution in [0, 0.1) is 17.6 Å². The second-order valence-electron chi connectivity index (χ2n) is 10.6. The number of piperidine rings is 1. The van der Waals surface area contributed by atoms with Gasteiger partial charge in [-0.1, -0.05) is 12.8 Å². The number of hydrogen-bond donors (Lipinski definition) is 3. The maximum absolute atomic E-state index is 14.2. The topological polar surface area (TPSA) is 107 Å². The molecule has 1 aliphatic carbocycles. The van der Waals surface area contributed by atoms with E-state index in [-0.39, 0.29) is 36.3 Å². The smallest absolute Gasteiger partial charge is 0.243 e. The van der Waals surface area contributed by atoms with Gasteiger partial charge in [-0.2, -0.15) is 0 Å². The molecule has 0 unspecified atom stereocenters. The monoisotopic (exact) mass is 529 g/mol. The van der Waals surface area contributed by atoms with Crippen molar-refractivity contribution in [3.8, 4) is 11.3 Å². The van der Waals surface area contributed by atoms with Gasteiger partial charge in [0.15, 0.2) is 0 Å². The summed E-state index contributed by atoms with van der Waals surface area (Å²) >= 11 is 0. The van der Waals surface area contributed by atoms with Crippen LogP contribution < -0.4 is 10.6 Å². The largest absolute Gasteiger partial charge is 0.345 e. The number of rotatable bonds is 11. The molecule has 206 valence electrons. The quantitative estimate of drug-likeness (QED) is 0.401. The molecule has 1 saturated carbocycles. The van der Waals surface area contributed by atoms with Crippen LogP contribution in [0.3, 0.4) is 0 Å². The minimum Gasteiger partial charge on any atom is -0.345 e. The molecule has 3 amide bonds. The highest BCUT2D eigenvalue weighted by atomic mass is 19.1. The average molecular weight is 530 g/mol. The lowest BCUT2D eigenvalue weighted by Gasteiger charge is -2.34. The van der Waals surface area contributed by atoms with Gasteiger partial charge >= 0.3 is 0 Å². The zero-order valence-electron chi connectivity index (χ0n) is 22.1. The normalized spacial score (nSPS) is 19.1. The summed E-state index contributed by atoms with van der Waals surface area (Å²) in [5, 5.41) is 5.69. The van der Waals surface area contributed by atoms with Crippen LogP contribution in [0.25, 0.3) is 11.3 Å². The van der Waals surface area contributed by atoms with Crippen molar-refractivity contribution in [2.45, 2.75) is 89.8 Å². The van der Waals surface area contributed by atoms with Gasteiger partial charge in [-0.05, 0) is 64.0 Å². The van der Waals surface area contributed by atoms with E-state index in [2.05, 4.69) is 20.6 Å². The molecule has 1 aromatic heterocycles. The van der Waals surface area contributed by atoms with Crippen molar-refractivity contribution < 1.29 is 23.2 Å². The highest BCUT2D eigenvalue weighted by Gasteiger charge is 2.29. The summed E-state index contributed by atoms with van der Waals surface area (Å²) < 4.78 is 27.4. The number of aromatic nitrogens is 2. The standard InChI is InChI=1S/C28H37F2N5O3/c1-17-5-3-4-14-35(17)26(37)13-11-23(33-25(36)12-8-19-6-7-19)28(38)32-18(2)27-31-16-24(34-27)21-10-9-20(29)15-22(21)30/h9-10,15-19,23H,3-8,11-14H2,1-2H3,(H,31,34)(H,32,38)(H,33,36)/t17-,18-,23-/m0/s1. The molecule has 2 aromatic rings. The molecular weight excluding hydrogens is 492 g/mol. The summed E-state index contributed by atoms with van der Waals surface area (Å²) in [7, 11) is 0. The molecule has 2 aliphatic rings. The Bertz CT molecular complexity index is 1150. The van der Waals surface area contributed by atoms with Gasteiger partial charge in [0.25, 0.3) is 0 Å². The Morgan fingerprint density at radius 3 is 2.63 bits per heavy atom. The third-order valence-corrected chi connectivity index (χ3v) is 7.48. The predicted molar refractivity (Wildman–Crippen MR) is 139 cm³/mol. The van der Waals surface area contributed by atoms with Crippen LogP contribution in [0.1, 0.15) is 83.5 Å². The predicted octanol–water partition coefficient (Wildman–Crippen LogP) is 4.39. The maximum atomic E-state index is 14.2. The van der Waals surface area contributed by atoms with Gasteiger partial charge in [0, 0.05) is 37.1 Å². The molecule has 3 atom stereocenters. The van der Waals surface area contributed by atoms with Crippen LogP contribution in [-0.4, -0.2) is 51.2 Å². The van der Waals surface area contributed by atoms with Crippen LogP contribution in [0.4, 0.5) is 8.78 Å². The van der Waals surface area contributed by atoms with Crippen LogP contribution in [0.15, 0.2) is 24.4 Å². The molecule has 3 N–H and O–H groups in total. The third-order valence-electron chi connectivity index (χ3n) is 7.48. The molecule has 2 fully saturated rings. The summed E-state index contributed by atoms with van der Waals surface area (Å²) in [5.74, 6) is -1.04. The summed E-state index contributed by atoms with van der Waals surface area (Å²) in [6.07, 6.45) is 8.27. The maximum Gasteiger partial charge on any atom is 0.243 e. The van der Waals surface area contributed by atoms with Gasteiger partial charge in [-0.3, -0.25) is 14.4 Å². The first-order valence-corrected chi connectivity index (χ1v) is 13.6. The second-order valence-corrected chi connectivity index (χ2v) is 10.6. The summed E-state index contributed by atoms with van der Waals surface area (Å²) in [6.45, 7) is 4.48. The van der Waals surface area contributed by atoms with Crippen molar-refractivity contribution in [3.63, 3.8) is 0 Å². The lowest BCUT2D eigenvalue weighted by Crippen LogP contribution is -2.48. The Labute approximate surface area is 222 Å². The first-order chi connectivity index (χ1) is 18.2. The first-order valence-electron chi connectivity index (χ1n) is 13.6. The van der Waals surface area contributed by atoms with E-state index >= 15 is 0 Å². The number of imidazole rings is 1. The first kappa shape index (κ1) is 27.7. The van der Waals surface area contributed by atoms with Crippen molar-refractivity contribution in [1.29, 1.82) is 0 Å². The van der Waals surface area contributed by atoms with E-state index in [9.17, 15) is 23.2 Å². The highest BCUT2D eigenvalue weighted by molar-refractivity contribution is 5.88.